The molecule has 0 atom stereocenters. The number of oxime groups is 1. The Morgan fingerprint density at radius 2 is 1.65 bits per heavy atom. The first-order chi connectivity index (χ1) is 10.0. The molecular weight excluding hydrogens is 296 g/mol. The fourth-order valence-corrected chi connectivity index (χ4v) is 2.02. The van der Waals surface area contributed by atoms with Crippen molar-refractivity contribution in [3.63, 3.8) is 0 Å². The molecule has 0 N–H and O–H groups in total. The van der Waals surface area contributed by atoms with Crippen LogP contribution in [0.15, 0.2) is 37.0 Å². The van der Waals surface area contributed by atoms with Gasteiger partial charge in [0.2, 0.25) is 0 Å². The SMILES string of the molecule is C1=NOCC1.C1=NSCC1.C1=NSCC1.c1cnoc1. The van der Waals surface area contributed by atoms with E-state index in [2.05, 4.69) is 28.5 Å². The van der Waals surface area contributed by atoms with E-state index < -0.39 is 0 Å². The quantitative estimate of drug-likeness (QED) is 0.687. The van der Waals surface area contributed by atoms with Gasteiger partial charge >= 0.3 is 0 Å². The highest BCUT2D eigenvalue weighted by Crippen LogP contribution is 2.08. The van der Waals surface area contributed by atoms with Gasteiger partial charge in [-0.1, -0.05) is 10.3 Å². The molecule has 0 saturated carbocycles. The molecule has 6 nitrogen and oxygen atoms in total. The van der Waals surface area contributed by atoms with Crippen LogP contribution < -0.4 is 0 Å². The Kier molecular flexibility index (Phi) is 11.9. The van der Waals surface area contributed by atoms with Crippen LogP contribution in [0.2, 0.25) is 0 Å². The first-order valence-electron chi connectivity index (χ1n) is 6.26. The normalized spacial score (nSPS) is 17.2. The van der Waals surface area contributed by atoms with E-state index >= 15 is 0 Å². The van der Waals surface area contributed by atoms with Crippen molar-refractivity contribution >= 4 is 42.5 Å². The summed E-state index contributed by atoms with van der Waals surface area (Å²) in [7, 11) is 0. The van der Waals surface area contributed by atoms with Crippen LogP contribution >= 0.6 is 23.9 Å². The van der Waals surface area contributed by atoms with Gasteiger partial charge in [0.05, 0.1) is 6.20 Å². The molecule has 0 unspecified atom stereocenters. The number of hydrogen-bond acceptors (Lipinski definition) is 8. The van der Waals surface area contributed by atoms with Gasteiger partial charge in [-0.05, 0) is 42.8 Å². The Labute approximate surface area is 127 Å². The zero-order valence-corrected chi connectivity index (χ0v) is 12.8. The van der Waals surface area contributed by atoms with E-state index in [4.69, 9.17) is 0 Å². The third-order valence-corrected chi connectivity index (χ3v) is 3.24. The van der Waals surface area contributed by atoms with E-state index in [0.717, 1.165) is 13.0 Å². The Morgan fingerprint density at radius 3 is 1.80 bits per heavy atom. The average Bonchev–Trinajstić information content (AvgIpc) is 3.40. The number of rotatable bonds is 0. The molecule has 0 bridgehead atoms. The van der Waals surface area contributed by atoms with Crippen molar-refractivity contribution in [3.05, 3.63) is 18.5 Å². The summed E-state index contributed by atoms with van der Waals surface area (Å²) < 4.78 is 12.1. The average molecular weight is 314 g/mol. The second-order valence-electron chi connectivity index (χ2n) is 3.42. The lowest BCUT2D eigenvalue weighted by Gasteiger charge is -1.76. The number of nitrogens with zero attached hydrogens (tertiary/aromatic N) is 4. The lowest BCUT2D eigenvalue weighted by molar-refractivity contribution is 0.174. The molecule has 0 aromatic carbocycles. The van der Waals surface area contributed by atoms with E-state index in [1.807, 2.05) is 12.4 Å². The minimum atomic E-state index is 0.778. The van der Waals surface area contributed by atoms with E-state index in [1.165, 1.54) is 30.6 Å². The van der Waals surface area contributed by atoms with E-state index in [1.54, 1.807) is 42.4 Å². The highest BCUT2D eigenvalue weighted by atomic mass is 32.2. The van der Waals surface area contributed by atoms with Crippen LogP contribution in [-0.4, -0.2) is 41.9 Å². The summed E-state index contributed by atoms with van der Waals surface area (Å²) in [5, 5.41) is 6.81. The fraction of sp³-hybridized carbons (Fsp3) is 0.500. The van der Waals surface area contributed by atoms with Crippen LogP contribution in [0.4, 0.5) is 0 Å². The second kappa shape index (κ2) is 14.1. The maximum absolute atomic E-state index is 4.51. The smallest absolute Gasteiger partial charge is 0.123 e. The van der Waals surface area contributed by atoms with Crippen molar-refractivity contribution in [3.8, 4) is 0 Å². The third kappa shape index (κ3) is 11.8. The second-order valence-corrected chi connectivity index (χ2v) is 5.17. The summed E-state index contributed by atoms with van der Waals surface area (Å²) in [6.07, 6.45) is 12.1. The molecule has 0 spiro atoms. The molecular formula is C12H18N4O2S2. The van der Waals surface area contributed by atoms with Crippen molar-refractivity contribution in [1.82, 2.24) is 5.16 Å². The Morgan fingerprint density at radius 1 is 0.900 bits per heavy atom. The molecule has 0 radical (unpaired) electrons. The van der Waals surface area contributed by atoms with Crippen LogP contribution in [0, 0.1) is 0 Å². The summed E-state index contributed by atoms with van der Waals surface area (Å²) in [5.74, 6) is 2.39. The molecule has 0 amide bonds. The van der Waals surface area contributed by atoms with Gasteiger partial charge in [0.1, 0.15) is 12.9 Å². The predicted octanol–water partition coefficient (Wildman–Crippen LogP) is 3.29. The van der Waals surface area contributed by atoms with E-state index in [-0.39, 0.29) is 0 Å². The maximum atomic E-state index is 4.51. The van der Waals surface area contributed by atoms with Gasteiger partial charge < -0.3 is 9.36 Å². The van der Waals surface area contributed by atoms with Gasteiger partial charge in [-0.3, -0.25) is 0 Å². The standard InChI is InChI=1S/C3H5NO.C3H3NO.2C3H5NS/c4*1-2-4-5-3-1/h2H,1,3H2;1-3H;2*2H,1,3H2. The largest absolute Gasteiger partial charge is 0.396 e. The molecule has 110 valence electrons. The monoisotopic (exact) mass is 314 g/mol. The van der Waals surface area contributed by atoms with Gasteiger partial charge in [-0.15, -0.1) is 0 Å². The molecule has 0 aliphatic carbocycles. The molecule has 4 heterocycles. The van der Waals surface area contributed by atoms with Gasteiger partial charge in [0.15, 0.2) is 0 Å². The van der Waals surface area contributed by atoms with Crippen molar-refractivity contribution in [2.75, 3.05) is 18.1 Å². The Bertz CT molecular complexity index is 310. The topological polar surface area (TPSA) is 72.3 Å². The van der Waals surface area contributed by atoms with Gasteiger partial charge in [-0.25, -0.2) is 8.80 Å². The van der Waals surface area contributed by atoms with Crippen molar-refractivity contribution in [2.45, 2.75) is 19.3 Å². The van der Waals surface area contributed by atoms with Gasteiger partial charge in [0.25, 0.3) is 0 Å². The molecule has 0 fully saturated rings. The molecule has 1 aromatic rings. The van der Waals surface area contributed by atoms with Crippen LogP contribution in [0.1, 0.15) is 19.3 Å². The minimum Gasteiger partial charge on any atom is -0.396 e. The molecule has 0 saturated heterocycles. The zero-order chi connectivity index (χ0) is 14.1. The van der Waals surface area contributed by atoms with Crippen LogP contribution in [0.5, 0.6) is 0 Å². The summed E-state index contributed by atoms with van der Waals surface area (Å²) in [4.78, 5) is 4.51. The van der Waals surface area contributed by atoms with Gasteiger partial charge in [0, 0.05) is 36.6 Å². The van der Waals surface area contributed by atoms with Crippen LogP contribution in [0.25, 0.3) is 0 Å². The molecule has 4 rings (SSSR count). The van der Waals surface area contributed by atoms with Crippen LogP contribution in [-0.2, 0) is 4.84 Å². The number of hydrogen-bond donors (Lipinski definition) is 0. The zero-order valence-electron chi connectivity index (χ0n) is 11.1. The molecule has 1 aromatic heterocycles. The predicted molar refractivity (Wildman–Crippen MR) is 86.7 cm³/mol. The Hall–Kier alpha value is -1.28. The summed E-state index contributed by atoms with van der Waals surface area (Å²) >= 11 is 3.29. The van der Waals surface area contributed by atoms with E-state index in [9.17, 15) is 0 Å². The lowest BCUT2D eigenvalue weighted by atomic mass is 10.5. The van der Waals surface area contributed by atoms with Crippen molar-refractivity contribution in [1.29, 1.82) is 0 Å². The van der Waals surface area contributed by atoms with E-state index in [0.29, 0.717) is 0 Å². The molecule has 3 aliphatic heterocycles. The molecule has 3 aliphatic rings. The molecule has 8 heteroatoms. The highest BCUT2D eigenvalue weighted by molar-refractivity contribution is 7.98. The van der Waals surface area contributed by atoms with Crippen molar-refractivity contribution in [2.24, 2.45) is 14.0 Å². The molecule has 20 heavy (non-hydrogen) atoms. The summed E-state index contributed by atoms with van der Waals surface area (Å²) in [5.41, 5.74) is 0. The van der Waals surface area contributed by atoms with Crippen molar-refractivity contribution < 1.29 is 9.36 Å². The van der Waals surface area contributed by atoms with Crippen LogP contribution in [0.3, 0.4) is 0 Å². The summed E-state index contributed by atoms with van der Waals surface area (Å²) in [6, 6.07) is 1.72. The first-order valence-corrected chi connectivity index (χ1v) is 8.14. The van der Waals surface area contributed by atoms with Gasteiger partial charge in [-0.2, -0.15) is 0 Å². The maximum Gasteiger partial charge on any atom is 0.123 e. The highest BCUT2D eigenvalue weighted by Gasteiger charge is 1.87. The fourth-order valence-electron chi connectivity index (χ4n) is 0.966. The minimum absolute atomic E-state index is 0.778. The Balaban J connectivity index is 0.000000133. The summed E-state index contributed by atoms with van der Waals surface area (Å²) in [6.45, 7) is 0.778. The number of aromatic nitrogens is 1. The lowest BCUT2D eigenvalue weighted by Crippen LogP contribution is -1.72. The third-order valence-electron chi connectivity index (χ3n) is 1.81. The first kappa shape index (κ1) is 16.8.